The summed E-state index contributed by atoms with van der Waals surface area (Å²) in [6.07, 6.45) is 1.00. The highest BCUT2D eigenvalue weighted by Gasteiger charge is 2.05. The minimum atomic E-state index is -0.534. The SMILES string of the molecule is Cc1c(N)ncc(F)c1Cl. The minimum absolute atomic E-state index is 0.0486. The van der Waals surface area contributed by atoms with Crippen molar-refractivity contribution in [2.24, 2.45) is 0 Å². The Hall–Kier alpha value is -0.830. The zero-order valence-electron chi connectivity index (χ0n) is 5.36. The number of hydrogen-bond acceptors (Lipinski definition) is 2. The second kappa shape index (κ2) is 2.42. The number of rotatable bonds is 0. The molecule has 0 amide bonds. The number of aromatic nitrogens is 1. The summed E-state index contributed by atoms with van der Waals surface area (Å²) in [4.78, 5) is 3.56. The van der Waals surface area contributed by atoms with Gasteiger partial charge < -0.3 is 5.73 Å². The molecule has 0 saturated heterocycles. The Morgan fingerprint density at radius 3 is 2.80 bits per heavy atom. The minimum Gasteiger partial charge on any atom is -0.383 e. The molecule has 0 radical (unpaired) electrons. The predicted molar refractivity (Wildman–Crippen MR) is 38.4 cm³/mol. The maximum absolute atomic E-state index is 12.5. The number of halogens is 2. The number of pyridine rings is 1. The molecule has 0 fully saturated rings. The van der Waals surface area contributed by atoms with E-state index in [-0.39, 0.29) is 10.8 Å². The molecule has 4 heteroatoms. The van der Waals surface area contributed by atoms with Crippen LogP contribution in [0, 0.1) is 12.7 Å². The van der Waals surface area contributed by atoms with Crippen LogP contribution >= 0.6 is 11.6 Å². The highest BCUT2D eigenvalue weighted by molar-refractivity contribution is 6.31. The Morgan fingerprint density at radius 2 is 2.30 bits per heavy atom. The highest BCUT2D eigenvalue weighted by Crippen LogP contribution is 2.21. The molecule has 0 spiro atoms. The van der Waals surface area contributed by atoms with Gasteiger partial charge in [-0.05, 0) is 6.92 Å². The summed E-state index contributed by atoms with van der Waals surface area (Å²) in [5, 5.41) is 0.0486. The van der Waals surface area contributed by atoms with Crippen molar-refractivity contribution < 1.29 is 4.39 Å². The Morgan fingerprint density at radius 1 is 1.70 bits per heavy atom. The lowest BCUT2D eigenvalue weighted by molar-refractivity contribution is 0.621. The molecular formula is C6H6ClFN2. The van der Waals surface area contributed by atoms with Gasteiger partial charge in [-0.1, -0.05) is 11.6 Å². The van der Waals surface area contributed by atoms with Crippen LogP contribution in [0.2, 0.25) is 5.02 Å². The summed E-state index contributed by atoms with van der Waals surface area (Å²) in [6, 6.07) is 0. The van der Waals surface area contributed by atoms with Gasteiger partial charge in [0.05, 0.1) is 11.2 Å². The first-order chi connectivity index (χ1) is 4.63. The van der Waals surface area contributed by atoms with E-state index in [1.54, 1.807) is 6.92 Å². The van der Waals surface area contributed by atoms with Crippen molar-refractivity contribution in [2.75, 3.05) is 5.73 Å². The maximum Gasteiger partial charge on any atom is 0.160 e. The molecule has 0 unspecified atom stereocenters. The Kier molecular flexibility index (Phi) is 1.76. The van der Waals surface area contributed by atoms with Gasteiger partial charge in [-0.15, -0.1) is 0 Å². The van der Waals surface area contributed by atoms with Crippen molar-refractivity contribution in [3.8, 4) is 0 Å². The Bertz CT molecular complexity index is 235. The number of hydrogen-bond donors (Lipinski definition) is 1. The molecule has 2 nitrogen and oxygen atoms in total. The third-order valence-corrected chi connectivity index (χ3v) is 1.70. The zero-order valence-corrected chi connectivity index (χ0v) is 6.11. The fraction of sp³-hybridized carbons (Fsp3) is 0.167. The number of nitrogens with two attached hydrogens (primary N) is 1. The molecular weight excluding hydrogens is 155 g/mol. The molecule has 0 aliphatic carbocycles. The average Bonchev–Trinajstić information content (AvgIpc) is 1.93. The third-order valence-electron chi connectivity index (χ3n) is 1.24. The quantitative estimate of drug-likeness (QED) is 0.628. The van der Waals surface area contributed by atoms with Gasteiger partial charge in [0.1, 0.15) is 5.82 Å². The lowest BCUT2D eigenvalue weighted by Gasteiger charge is -2.00. The van der Waals surface area contributed by atoms with Crippen LogP contribution in [0.3, 0.4) is 0 Å². The van der Waals surface area contributed by atoms with Crippen molar-refractivity contribution in [2.45, 2.75) is 6.92 Å². The van der Waals surface area contributed by atoms with Crippen molar-refractivity contribution in [3.05, 3.63) is 22.6 Å². The van der Waals surface area contributed by atoms with E-state index in [0.717, 1.165) is 6.20 Å². The normalized spacial score (nSPS) is 9.90. The smallest absolute Gasteiger partial charge is 0.160 e. The van der Waals surface area contributed by atoms with E-state index in [0.29, 0.717) is 5.56 Å². The molecule has 0 aliphatic heterocycles. The lowest BCUT2D eigenvalue weighted by Crippen LogP contribution is -1.95. The molecule has 1 aromatic heterocycles. The van der Waals surface area contributed by atoms with E-state index in [9.17, 15) is 4.39 Å². The summed E-state index contributed by atoms with van der Waals surface area (Å²) < 4.78 is 12.5. The zero-order chi connectivity index (χ0) is 7.72. The van der Waals surface area contributed by atoms with E-state index in [1.165, 1.54) is 0 Å². The largest absolute Gasteiger partial charge is 0.383 e. The van der Waals surface area contributed by atoms with Crippen LogP contribution in [0.25, 0.3) is 0 Å². The van der Waals surface area contributed by atoms with Gasteiger partial charge in [0.2, 0.25) is 0 Å². The topological polar surface area (TPSA) is 38.9 Å². The second-order valence-corrected chi connectivity index (χ2v) is 2.31. The van der Waals surface area contributed by atoms with Crippen LogP contribution in [0.15, 0.2) is 6.20 Å². The Labute approximate surface area is 62.8 Å². The monoisotopic (exact) mass is 160 g/mol. The summed E-state index contributed by atoms with van der Waals surface area (Å²) >= 11 is 5.49. The van der Waals surface area contributed by atoms with Crippen LogP contribution in [-0.2, 0) is 0 Å². The number of anilines is 1. The summed E-state index contributed by atoms with van der Waals surface area (Å²) in [5.74, 6) is -0.264. The fourth-order valence-corrected chi connectivity index (χ4v) is 0.717. The molecule has 1 heterocycles. The van der Waals surface area contributed by atoms with E-state index < -0.39 is 5.82 Å². The first-order valence-corrected chi connectivity index (χ1v) is 3.07. The van der Waals surface area contributed by atoms with E-state index in [2.05, 4.69) is 4.98 Å². The molecule has 0 aromatic carbocycles. The van der Waals surface area contributed by atoms with E-state index in [4.69, 9.17) is 17.3 Å². The van der Waals surface area contributed by atoms with Crippen molar-refractivity contribution in [3.63, 3.8) is 0 Å². The first kappa shape index (κ1) is 7.28. The van der Waals surface area contributed by atoms with Gasteiger partial charge >= 0.3 is 0 Å². The molecule has 0 aliphatic rings. The first-order valence-electron chi connectivity index (χ1n) is 2.69. The van der Waals surface area contributed by atoms with Crippen LogP contribution < -0.4 is 5.73 Å². The van der Waals surface area contributed by atoms with Gasteiger partial charge in [0.25, 0.3) is 0 Å². The van der Waals surface area contributed by atoms with Crippen LogP contribution in [0.1, 0.15) is 5.56 Å². The third kappa shape index (κ3) is 1.04. The van der Waals surface area contributed by atoms with Gasteiger partial charge in [0, 0.05) is 5.56 Å². The lowest BCUT2D eigenvalue weighted by atomic mass is 10.3. The van der Waals surface area contributed by atoms with Crippen molar-refractivity contribution in [1.29, 1.82) is 0 Å². The van der Waals surface area contributed by atoms with Crippen LogP contribution in [0.4, 0.5) is 10.2 Å². The maximum atomic E-state index is 12.5. The van der Waals surface area contributed by atoms with Gasteiger partial charge in [0.15, 0.2) is 5.82 Å². The number of nitrogens with zero attached hydrogens (tertiary/aromatic N) is 1. The van der Waals surface area contributed by atoms with Gasteiger partial charge in [-0.25, -0.2) is 9.37 Å². The van der Waals surface area contributed by atoms with Crippen LogP contribution in [-0.4, -0.2) is 4.98 Å². The average molecular weight is 161 g/mol. The standard InChI is InChI=1S/C6H6ClFN2/c1-3-5(7)4(8)2-10-6(3)9/h2H,1H3,(H2,9,10). The number of nitrogen functional groups attached to an aromatic ring is 1. The molecule has 54 valence electrons. The fourth-order valence-electron chi connectivity index (χ4n) is 0.571. The molecule has 2 N–H and O–H groups in total. The van der Waals surface area contributed by atoms with E-state index >= 15 is 0 Å². The summed E-state index contributed by atoms with van der Waals surface area (Å²) in [5.41, 5.74) is 5.81. The van der Waals surface area contributed by atoms with Gasteiger partial charge in [-0.2, -0.15) is 0 Å². The summed E-state index contributed by atoms with van der Waals surface area (Å²) in [7, 11) is 0. The molecule has 0 atom stereocenters. The molecule has 1 rings (SSSR count). The summed E-state index contributed by atoms with van der Waals surface area (Å²) in [6.45, 7) is 1.62. The Balaban J connectivity index is 3.34. The second-order valence-electron chi connectivity index (χ2n) is 1.93. The van der Waals surface area contributed by atoms with Crippen molar-refractivity contribution in [1.82, 2.24) is 4.98 Å². The highest BCUT2D eigenvalue weighted by atomic mass is 35.5. The predicted octanol–water partition coefficient (Wildman–Crippen LogP) is 1.76. The molecule has 10 heavy (non-hydrogen) atoms. The van der Waals surface area contributed by atoms with Crippen LogP contribution in [0.5, 0.6) is 0 Å². The molecule has 0 bridgehead atoms. The van der Waals surface area contributed by atoms with Crippen molar-refractivity contribution >= 4 is 17.4 Å². The molecule has 1 aromatic rings. The van der Waals surface area contributed by atoms with E-state index in [1.807, 2.05) is 0 Å². The molecule has 0 saturated carbocycles. The van der Waals surface area contributed by atoms with Gasteiger partial charge in [-0.3, -0.25) is 0 Å².